The average Bonchev–Trinajstić information content (AvgIpc) is 3.66. The average molecular weight is 706 g/mol. The van der Waals surface area contributed by atoms with Gasteiger partial charge in [0.2, 0.25) is 0 Å². The topological polar surface area (TPSA) is 49.9 Å². The zero-order valence-corrected chi connectivity index (χ0v) is 29.9. The molecule has 260 valence electrons. The third-order valence-corrected chi connectivity index (χ3v) is 10.3. The first-order valence-corrected chi connectivity index (χ1v) is 18.6. The summed E-state index contributed by atoms with van der Waals surface area (Å²) < 4.78 is 6.50. The highest BCUT2D eigenvalue weighted by Crippen LogP contribution is 2.37. The molecule has 4 nitrogen and oxygen atoms in total. The van der Waals surface area contributed by atoms with Gasteiger partial charge in [-0.15, -0.1) is 0 Å². The zero-order chi connectivity index (χ0) is 36.6. The minimum Gasteiger partial charge on any atom is -0.456 e. The minimum absolute atomic E-state index is 0.349. The van der Waals surface area contributed by atoms with Crippen LogP contribution in [0, 0.1) is 0 Å². The molecule has 0 saturated heterocycles. The molecule has 0 saturated carbocycles. The summed E-state index contributed by atoms with van der Waals surface area (Å²) in [5, 5.41) is 5.77. The molecule has 1 aromatic heterocycles. The van der Waals surface area contributed by atoms with Gasteiger partial charge in [-0.25, -0.2) is 9.98 Å². The lowest BCUT2D eigenvalue weighted by Crippen LogP contribution is -2.33. The van der Waals surface area contributed by atoms with Gasteiger partial charge in [0.1, 0.15) is 23.2 Å². The van der Waals surface area contributed by atoms with E-state index in [0.29, 0.717) is 5.84 Å². The van der Waals surface area contributed by atoms with Gasteiger partial charge in [0.25, 0.3) is 0 Å². The third-order valence-electron chi connectivity index (χ3n) is 10.3. The van der Waals surface area contributed by atoms with Crippen molar-refractivity contribution in [1.29, 1.82) is 0 Å². The Morgan fingerprint density at radius 2 is 0.909 bits per heavy atom. The molecule has 1 unspecified atom stereocenters. The van der Waals surface area contributed by atoms with E-state index in [9.17, 15) is 0 Å². The molecule has 0 radical (unpaired) electrons. The van der Waals surface area contributed by atoms with Crippen LogP contribution in [0.2, 0.25) is 0 Å². The van der Waals surface area contributed by atoms with E-state index in [1.807, 2.05) is 36.4 Å². The molecule has 0 amide bonds. The maximum absolute atomic E-state index is 6.50. The lowest BCUT2D eigenvalue weighted by atomic mass is 9.95. The maximum Gasteiger partial charge on any atom is 0.159 e. The molecule has 0 aliphatic carbocycles. The highest BCUT2D eigenvalue weighted by atomic mass is 16.3. The second-order valence-corrected chi connectivity index (χ2v) is 13.8. The van der Waals surface area contributed by atoms with Gasteiger partial charge in [-0.05, 0) is 86.5 Å². The Balaban J connectivity index is 1.06. The van der Waals surface area contributed by atoms with Crippen LogP contribution in [-0.4, -0.2) is 11.7 Å². The van der Waals surface area contributed by atoms with Crippen LogP contribution in [0.15, 0.2) is 215 Å². The summed E-state index contributed by atoms with van der Waals surface area (Å²) in [7, 11) is 0. The van der Waals surface area contributed by atoms with Crippen molar-refractivity contribution in [2.24, 2.45) is 9.98 Å². The van der Waals surface area contributed by atoms with Gasteiger partial charge < -0.3 is 9.73 Å². The summed E-state index contributed by atoms with van der Waals surface area (Å²) in [5.41, 5.74) is 14.0. The van der Waals surface area contributed by atoms with Crippen molar-refractivity contribution in [2.75, 3.05) is 0 Å². The van der Waals surface area contributed by atoms with E-state index in [1.165, 1.54) is 22.3 Å². The molecule has 1 N–H and O–H groups in total. The number of amidine groups is 2. The first-order valence-electron chi connectivity index (χ1n) is 18.6. The fourth-order valence-electron chi connectivity index (χ4n) is 7.58. The summed E-state index contributed by atoms with van der Waals surface area (Å²) in [6, 6.07) is 70.0. The van der Waals surface area contributed by atoms with E-state index in [-0.39, 0.29) is 6.17 Å². The highest BCUT2D eigenvalue weighted by molar-refractivity contribution is 6.22. The van der Waals surface area contributed by atoms with Gasteiger partial charge in [-0.1, -0.05) is 164 Å². The summed E-state index contributed by atoms with van der Waals surface area (Å²) in [6.07, 6.45) is -0.349. The van der Waals surface area contributed by atoms with Crippen LogP contribution in [0.5, 0.6) is 0 Å². The van der Waals surface area contributed by atoms with E-state index in [0.717, 1.165) is 66.7 Å². The summed E-state index contributed by atoms with van der Waals surface area (Å²) in [4.78, 5) is 10.4. The van der Waals surface area contributed by atoms with Crippen LogP contribution in [-0.2, 0) is 0 Å². The Morgan fingerprint density at radius 3 is 1.55 bits per heavy atom. The van der Waals surface area contributed by atoms with Crippen LogP contribution in [0.3, 0.4) is 0 Å². The molecular formula is C51H35N3O. The van der Waals surface area contributed by atoms with Gasteiger partial charge in [-0.3, -0.25) is 0 Å². The van der Waals surface area contributed by atoms with Crippen LogP contribution < -0.4 is 5.32 Å². The Hall–Kier alpha value is -7.30. The summed E-state index contributed by atoms with van der Waals surface area (Å²) in [6.45, 7) is 0. The predicted octanol–water partition coefficient (Wildman–Crippen LogP) is 12.7. The van der Waals surface area contributed by atoms with Gasteiger partial charge >= 0.3 is 0 Å². The Labute approximate surface area is 319 Å². The van der Waals surface area contributed by atoms with E-state index in [1.54, 1.807) is 0 Å². The summed E-state index contributed by atoms with van der Waals surface area (Å²) >= 11 is 0. The Morgan fingerprint density at radius 1 is 0.400 bits per heavy atom. The standard InChI is InChI=1S/C51H35N3O/c1-4-14-34(15-5-1)37-20-10-22-39(30-37)40-23-11-24-41(31-40)42-28-29-46-45(33-42)48-44(26-13-27-47(48)55-46)51-53-49(36-18-8-3-9-19-36)52-50(54-51)43-25-12-21-38(32-43)35-16-6-2-7-17-35/h1-33,50H,(H,52,53,54). The first-order chi connectivity index (χ1) is 27.2. The third kappa shape index (κ3) is 6.30. The number of furan rings is 1. The monoisotopic (exact) mass is 705 g/mol. The molecule has 55 heavy (non-hydrogen) atoms. The smallest absolute Gasteiger partial charge is 0.159 e. The van der Waals surface area contributed by atoms with E-state index >= 15 is 0 Å². The molecule has 4 heteroatoms. The van der Waals surface area contributed by atoms with Gasteiger partial charge in [-0.2, -0.15) is 0 Å². The molecule has 10 rings (SSSR count). The summed E-state index contributed by atoms with van der Waals surface area (Å²) in [5.74, 6) is 1.44. The minimum atomic E-state index is -0.349. The van der Waals surface area contributed by atoms with Crippen molar-refractivity contribution in [3.63, 3.8) is 0 Å². The molecule has 1 aliphatic rings. The number of aliphatic imine (C=N–C) groups is 2. The van der Waals surface area contributed by atoms with Crippen LogP contribution >= 0.6 is 0 Å². The first kappa shape index (κ1) is 32.4. The number of rotatable bonds is 7. The maximum atomic E-state index is 6.50. The highest BCUT2D eigenvalue weighted by Gasteiger charge is 2.24. The number of nitrogens with one attached hydrogen (secondary N) is 1. The quantitative estimate of drug-likeness (QED) is 0.179. The molecule has 8 aromatic carbocycles. The van der Waals surface area contributed by atoms with Crippen LogP contribution in [0.4, 0.5) is 0 Å². The van der Waals surface area contributed by atoms with Crippen molar-refractivity contribution >= 4 is 33.6 Å². The second-order valence-electron chi connectivity index (χ2n) is 13.8. The van der Waals surface area contributed by atoms with E-state index in [2.05, 4.69) is 169 Å². The van der Waals surface area contributed by atoms with Gasteiger partial charge in [0.15, 0.2) is 5.84 Å². The molecule has 9 aromatic rings. The lowest BCUT2D eigenvalue weighted by Gasteiger charge is -2.24. The largest absolute Gasteiger partial charge is 0.456 e. The molecule has 1 atom stereocenters. The normalized spacial score (nSPS) is 14.0. The van der Waals surface area contributed by atoms with Crippen molar-refractivity contribution in [3.8, 4) is 44.5 Å². The van der Waals surface area contributed by atoms with Crippen LogP contribution in [0.25, 0.3) is 66.4 Å². The Bertz CT molecular complexity index is 2890. The SMILES string of the molecule is c1ccc(C2=NC(c3cccc(-c4ccccc4)c3)NC(c3cccc4oc5ccc(-c6cccc(-c7cccc(-c8ccccc8)c7)c6)cc5c34)=N2)cc1. The fourth-order valence-corrected chi connectivity index (χ4v) is 7.58. The molecular weight excluding hydrogens is 671 g/mol. The molecule has 0 bridgehead atoms. The van der Waals surface area contributed by atoms with Gasteiger partial charge in [0.05, 0.1) is 0 Å². The lowest BCUT2D eigenvalue weighted by molar-refractivity contribution is 0.668. The number of hydrogen-bond acceptors (Lipinski definition) is 4. The molecule has 0 spiro atoms. The molecule has 2 heterocycles. The zero-order valence-electron chi connectivity index (χ0n) is 29.9. The van der Waals surface area contributed by atoms with E-state index < -0.39 is 0 Å². The molecule has 1 aliphatic heterocycles. The van der Waals surface area contributed by atoms with Gasteiger partial charge in [0, 0.05) is 21.9 Å². The van der Waals surface area contributed by atoms with Crippen molar-refractivity contribution in [3.05, 3.63) is 217 Å². The van der Waals surface area contributed by atoms with Crippen molar-refractivity contribution in [1.82, 2.24) is 5.32 Å². The number of hydrogen-bond donors (Lipinski definition) is 1. The fraction of sp³-hybridized carbons (Fsp3) is 0.0196. The predicted molar refractivity (Wildman–Crippen MR) is 227 cm³/mol. The van der Waals surface area contributed by atoms with Crippen molar-refractivity contribution < 1.29 is 4.42 Å². The number of fused-ring (bicyclic) bond motifs is 3. The Kier molecular flexibility index (Phi) is 8.19. The molecule has 0 fully saturated rings. The van der Waals surface area contributed by atoms with Crippen LogP contribution in [0.1, 0.15) is 22.9 Å². The number of benzene rings is 8. The van der Waals surface area contributed by atoms with Crippen molar-refractivity contribution in [2.45, 2.75) is 6.17 Å². The van der Waals surface area contributed by atoms with E-state index in [4.69, 9.17) is 14.4 Å². The second kappa shape index (κ2) is 13.9. The number of nitrogens with zero attached hydrogens (tertiary/aromatic N) is 2.